The molecule has 1 aliphatic carbocycles. The Morgan fingerprint density at radius 1 is 0.528 bits per heavy atom. The van der Waals surface area contributed by atoms with Gasteiger partial charge in [0.05, 0.1) is 5.70 Å². The molecule has 7 aromatic carbocycles. The van der Waals surface area contributed by atoms with Crippen molar-refractivity contribution < 1.29 is 4.42 Å². The Morgan fingerprint density at radius 3 is 1.91 bits per heavy atom. The molecule has 3 nitrogen and oxygen atoms in total. The minimum absolute atomic E-state index is 0.183. The molecule has 3 heteroatoms. The Hall–Kier alpha value is -6.58. The molecule has 0 amide bonds. The summed E-state index contributed by atoms with van der Waals surface area (Å²) in [5.74, 6) is 0.636. The maximum absolute atomic E-state index is 6.29. The van der Waals surface area contributed by atoms with E-state index in [1.807, 2.05) is 61.5 Å². The largest absolute Gasteiger partial charge is 0.456 e. The van der Waals surface area contributed by atoms with E-state index < -0.39 is 0 Å². The number of benzene rings is 7. The maximum atomic E-state index is 6.29. The lowest BCUT2D eigenvalue weighted by Crippen LogP contribution is -2.15. The van der Waals surface area contributed by atoms with Crippen molar-refractivity contribution >= 4 is 39.2 Å². The van der Waals surface area contributed by atoms with Gasteiger partial charge in [0.15, 0.2) is 5.84 Å². The van der Waals surface area contributed by atoms with Gasteiger partial charge in [0.1, 0.15) is 11.2 Å². The quantitative estimate of drug-likeness (QED) is 0.127. The molecule has 0 atom stereocenters. The van der Waals surface area contributed by atoms with Crippen molar-refractivity contribution in [1.29, 1.82) is 0 Å². The smallest absolute Gasteiger partial charge is 0.160 e. The van der Waals surface area contributed by atoms with E-state index in [4.69, 9.17) is 14.4 Å². The van der Waals surface area contributed by atoms with Gasteiger partial charge in [-0.15, -0.1) is 0 Å². The molecule has 0 radical (unpaired) electrons. The summed E-state index contributed by atoms with van der Waals surface area (Å²) in [6, 6.07) is 57.3. The fraction of sp³-hybridized carbons (Fsp3) is 0.0800. The predicted molar refractivity (Wildman–Crippen MR) is 223 cm³/mol. The molecule has 1 aromatic heterocycles. The van der Waals surface area contributed by atoms with Crippen molar-refractivity contribution in [1.82, 2.24) is 0 Å². The fourth-order valence-electron chi connectivity index (χ4n) is 7.87. The average Bonchev–Trinajstić information content (AvgIpc) is 3.69. The first-order valence-electron chi connectivity index (χ1n) is 18.1. The second-order valence-corrected chi connectivity index (χ2v) is 14.3. The Labute approximate surface area is 310 Å². The van der Waals surface area contributed by atoms with Crippen LogP contribution < -0.4 is 0 Å². The minimum Gasteiger partial charge on any atom is -0.456 e. The summed E-state index contributed by atoms with van der Waals surface area (Å²) in [6.07, 6.45) is 0. The highest BCUT2D eigenvalue weighted by molar-refractivity contribution is 6.13. The van der Waals surface area contributed by atoms with E-state index in [0.29, 0.717) is 11.5 Å². The first-order chi connectivity index (χ1) is 25.8. The van der Waals surface area contributed by atoms with Gasteiger partial charge < -0.3 is 4.42 Å². The van der Waals surface area contributed by atoms with Gasteiger partial charge in [-0.05, 0) is 86.8 Å². The molecule has 0 saturated heterocycles. The summed E-state index contributed by atoms with van der Waals surface area (Å²) in [7, 11) is 0. The lowest BCUT2D eigenvalue weighted by molar-refractivity contribution is 0.657. The van der Waals surface area contributed by atoms with Gasteiger partial charge >= 0.3 is 0 Å². The van der Waals surface area contributed by atoms with Crippen LogP contribution in [0.3, 0.4) is 0 Å². The Bertz CT molecular complexity index is 2750. The van der Waals surface area contributed by atoms with Gasteiger partial charge in [-0.25, -0.2) is 9.98 Å². The standard InChI is InChI=1S/C50H38N2O/c1-32(34-14-7-5-8-15-34)51-49(37-16-9-6-10-17-37)52-33(2)35-22-24-36(25-23-35)38-18-13-19-39(30-38)40-26-27-41-42-28-29-46-47(43-20-11-12-21-45(43)53-46)48(42)50(3,4)44(41)31-40/h5-31H,2H2,1,3-4H3. The van der Waals surface area contributed by atoms with E-state index >= 15 is 0 Å². The summed E-state index contributed by atoms with van der Waals surface area (Å²) >= 11 is 0. The van der Waals surface area contributed by atoms with Crippen LogP contribution in [0.25, 0.3) is 61.0 Å². The molecule has 1 aliphatic rings. The van der Waals surface area contributed by atoms with Crippen molar-refractivity contribution in [2.45, 2.75) is 26.2 Å². The van der Waals surface area contributed by atoms with Crippen LogP contribution in [0, 0.1) is 0 Å². The van der Waals surface area contributed by atoms with Crippen molar-refractivity contribution in [3.8, 4) is 33.4 Å². The summed E-state index contributed by atoms with van der Waals surface area (Å²) in [5, 5.41) is 2.41. The zero-order valence-corrected chi connectivity index (χ0v) is 30.1. The zero-order chi connectivity index (χ0) is 36.1. The van der Waals surface area contributed by atoms with Crippen molar-refractivity contribution in [2.24, 2.45) is 9.98 Å². The zero-order valence-electron chi connectivity index (χ0n) is 30.1. The highest BCUT2D eigenvalue weighted by Crippen LogP contribution is 2.53. The highest BCUT2D eigenvalue weighted by atomic mass is 16.3. The molecule has 0 N–H and O–H groups in total. The Kier molecular flexibility index (Phi) is 7.86. The van der Waals surface area contributed by atoms with E-state index in [0.717, 1.165) is 44.7 Å². The number of furan rings is 1. The third-order valence-corrected chi connectivity index (χ3v) is 10.6. The average molecular weight is 683 g/mol. The van der Waals surface area contributed by atoms with Crippen LogP contribution in [0.15, 0.2) is 185 Å². The van der Waals surface area contributed by atoms with Crippen LogP contribution in [-0.4, -0.2) is 11.5 Å². The number of rotatable bonds is 6. The van der Waals surface area contributed by atoms with Gasteiger partial charge in [0.2, 0.25) is 0 Å². The van der Waals surface area contributed by atoms with Gasteiger partial charge in [0, 0.05) is 27.5 Å². The monoisotopic (exact) mass is 682 g/mol. The number of amidine groups is 1. The molecule has 0 spiro atoms. The van der Waals surface area contributed by atoms with E-state index in [9.17, 15) is 0 Å². The molecule has 0 saturated carbocycles. The molecule has 0 fully saturated rings. The lowest BCUT2D eigenvalue weighted by atomic mass is 9.80. The van der Waals surface area contributed by atoms with E-state index in [2.05, 4.69) is 130 Å². The van der Waals surface area contributed by atoms with E-state index in [1.165, 1.54) is 44.2 Å². The minimum atomic E-state index is -0.183. The summed E-state index contributed by atoms with van der Waals surface area (Å²) in [5.41, 5.74) is 16.2. The molecule has 0 unspecified atom stereocenters. The van der Waals surface area contributed by atoms with E-state index in [-0.39, 0.29) is 5.41 Å². The predicted octanol–water partition coefficient (Wildman–Crippen LogP) is 13.2. The summed E-state index contributed by atoms with van der Waals surface area (Å²) in [6.45, 7) is 11.1. The Morgan fingerprint density at radius 2 is 1.15 bits per heavy atom. The molecule has 1 heterocycles. The summed E-state index contributed by atoms with van der Waals surface area (Å²) in [4.78, 5) is 9.90. The van der Waals surface area contributed by atoms with Crippen LogP contribution in [0.2, 0.25) is 0 Å². The topological polar surface area (TPSA) is 37.9 Å². The molecule has 0 aliphatic heterocycles. The number of hydrogen-bond acceptors (Lipinski definition) is 2. The second kappa shape index (κ2) is 12.9. The third kappa shape index (κ3) is 5.71. The van der Waals surface area contributed by atoms with Crippen molar-refractivity contribution in [2.75, 3.05) is 0 Å². The Balaban J connectivity index is 1.01. The number of hydrogen-bond donors (Lipinski definition) is 0. The van der Waals surface area contributed by atoms with E-state index in [1.54, 1.807) is 0 Å². The number of para-hydroxylation sites is 1. The van der Waals surface area contributed by atoms with Gasteiger partial charge in [0.25, 0.3) is 0 Å². The van der Waals surface area contributed by atoms with Crippen LogP contribution in [0.4, 0.5) is 0 Å². The lowest BCUT2D eigenvalue weighted by Gasteiger charge is -2.23. The van der Waals surface area contributed by atoms with Crippen molar-refractivity contribution in [3.63, 3.8) is 0 Å². The van der Waals surface area contributed by atoms with Crippen LogP contribution in [-0.2, 0) is 5.41 Å². The molecule has 53 heavy (non-hydrogen) atoms. The summed E-state index contributed by atoms with van der Waals surface area (Å²) < 4.78 is 6.29. The second-order valence-electron chi connectivity index (χ2n) is 14.3. The number of nitrogens with zero attached hydrogens (tertiary/aromatic N) is 2. The van der Waals surface area contributed by atoms with Gasteiger partial charge in [-0.3, -0.25) is 0 Å². The van der Waals surface area contributed by atoms with Gasteiger partial charge in [-0.1, -0.05) is 160 Å². The SMILES string of the molecule is C=C(N=C(N=C(C)c1ccccc1)c1ccccc1)c1ccc(-c2cccc(-c3ccc4c(c3)C(C)(C)c3c-4ccc4oc5ccccc5c34)c2)cc1. The fourth-order valence-corrected chi connectivity index (χ4v) is 7.87. The molecule has 254 valence electrons. The molecule has 8 aromatic rings. The number of aliphatic imine (C=N–C) groups is 2. The first kappa shape index (κ1) is 32.3. The first-order valence-corrected chi connectivity index (χ1v) is 18.1. The molecule has 0 bridgehead atoms. The van der Waals surface area contributed by atoms with Crippen LogP contribution >= 0.6 is 0 Å². The third-order valence-electron chi connectivity index (χ3n) is 10.6. The molecular weight excluding hydrogens is 645 g/mol. The normalized spacial score (nSPS) is 13.6. The van der Waals surface area contributed by atoms with Crippen LogP contribution in [0.1, 0.15) is 48.6 Å². The molecule has 9 rings (SSSR count). The van der Waals surface area contributed by atoms with Crippen LogP contribution in [0.5, 0.6) is 0 Å². The maximum Gasteiger partial charge on any atom is 0.160 e. The molecular formula is C50H38N2O. The van der Waals surface area contributed by atoms with Gasteiger partial charge in [-0.2, -0.15) is 0 Å². The highest BCUT2D eigenvalue weighted by Gasteiger charge is 2.38. The van der Waals surface area contributed by atoms with Crippen molar-refractivity contribution in [3.05, 3.63) is 198 Å². The number of fused-ring (bicyclic) bond motifs is 7.